The van der Waals surface area contributed by atoms with Crippen LogP contribution in [-0.2, 0) is 0 Å². The number of aliphatic hydroxyl groups excluding tert-OH is 1. The fraction of sp³-hybridized carbons (Fsp3) is 0.500. The molecule has 0 spiro atoms. The minimum absolute atomic E-state index is 0.132. The summed E-state index contributed by atoms with van der Waals surface area (Å²) in [6.45, 7) is 1.88. The molecule has 1 fully saturated rings. The molecule has 0 aliphatic heterocycles. The average Bonchev–Trinajstić information content (AvgIpc) is 2.35. The molecule has 0 radical (unpaired) electrons. The van der Waals surface area contributed by atoms with Crippen molar-refractivity contribution in [2.75, 3.05) is 5.73 Å². The van der Waals surface area contributed by atoms with Crippen LogP contribution in [0.4, 0.5) is 5.69 Å². The average molecular weight is 248 g/mol. The van der Waals surface area contributed by atoms with Crippen LogP contribution in [0.3, 0.4) is 0 Å². The van der Waals surface area contributed by atoms with Gasteiger partial charge in [0.05, 0.1) is 12.1 Å². The van der Waals surface area contributed by atoms with Crippen molar-refractivity contribution in [3.05, 3.63) is 29.3 Å². The van der Waals surface area contributed by atoms with E-state index >= 15 is 0 Å². The summed E-state index contributed by atoms with van der Waals surface area (Å²) >= 11 is 0. The molecule has 0 bridgehead atoms. The number of amides is 1. The minimum atomic E-state index is -0.427. The van der Waals surface area contributed by atoms with E-state index in [4.69, 9.17) is 5.73 Å². The van der Waals surface area contributed by atoms with Gasteiger partial charge in [-0.15, -0.1) is 0 Å². The number of carbonyl (C=O) groups excluding carboxylic acids is 1. The number of aryl methyl sites for hydroxylation is 1. The normalized spacial score (nSPS) is 23.7. The highest BCUT2D eigenvalue weighted by Gasteiger charge is 2.25. The van der Waals surface area contributed by atoms with Crippen molar-refractivity contribution in [3.63, 3.8) is 0 Å². The van der Waals surface area contributed by atoms with Gasteiger partial charge in [-0.2, -0.15) is 0 Å². The first-order chi connectivity index (χ1) is 8.58. The van der Waals surface area contributed by atoms with E-state index in [-0.39, 0.29) is 11.9 Å². The number of hydrogen-bond acceptors (Lipinski definition) is 3. The number of rotatable bonds is 2. The number of nitrogens with two attached hydrogens (primary N) is 1. The number of nitrogens with one attached hydrogen (secondary N) is 1. The van der Waals surface area contributed by atoms with Crippen LogP contribution in [0.5, 0.6) is 0 Å². The molecule has 0 heterocycles. The fourth-order valence-electron chi connectivity index (χ4n) is 2.41. The van der Waals surface area contributed by atoms with Crippen molar-refractivity contribution in [3.8, 4) is 0 Å². The van der Waals surface area contributed by atoms with Gasteiger partial charge in [-0.1, -0.05) is 18.9 Å². The molecular formula is C14H20N2O2. The maximum Gasteiger partial charge on any atom is 0.251 e. The molecule has 0 saturated heterocycles. The molecule has 18 heavy (non-hydrogen) atoms. The van der Waals surface area contributed by atoms with Crippen molar-refractivity contribution in [1.29, 1.82) is 0 Å². The van der Waals surface area contributed by atoms with Crippen LogP contribution >= 0.6 is 0 Å². The highest BCUT2D eigenvalue weighted by molar-refractivity contribution is 5.96. The van der Waals surface area contributed by atoms with Crippen LogP contribution in [-0.4, -0.2) is 23.2 Å². The van der Waals surface area contributed by atoms with Crippen LogP contribution in [0.2, 0.25) is 0 Å². The van der Waals surface area contributed by atoms with E-state index in [2.05, 4.69) is 5.32 Å². The van der Waals surface area contributed by atoms with E-state index in [1.807, 2.05) is 13.0 Å². The second kappa shape index (κ2) is 5.40. The first-order valence-electron chi connectivity index (χ1n) is 6.43. The lowest BCUT2D eigenvalue weighted by Crippen LogP contribution is -2.45. The summed E-state index contributed by atoms with van der Waals surface area (Å²) in [5.41, 5.74) is 7.76. The third-order valence-corrected chi connectivity index (χ3v) is 3.55. The molecule has 1 saturated carbocycles. The van der Waals surface area contributed by atoms with Gasteiger partial charge in [0.1, 0.15) is 0 Å². The van der Waals surface area contributed by atoms with Gasteiger partial charge in [0.15, 0.2) is 0 Å². The van der Waals surface area contributed by atoms with Gasteiger partial charge in [0.2, 0.25) is 0 Å². The minimum Gasteiger partial charge on any atom is -0.399 e. The Morgan fingerprint density at radius 1 is 1.39 bits per heavy atom. The molecule has 1 aromatic rings. The summed E-state index contributed by atoms with van der Waals surface area (Å²) < 4.78 is 0. The fourth-order valence-corrected chi connectivity index (χ4v) is 2.41. The van der Waals surface area contributed by atoms with Crippen molar-refractivity contribution in [2.45, 2.75) is 44.8 Å². The monoisotopic (exact) mass is 248 g/mol. The molecule has 4 N–H and O–H groups in total. The standard InChI is InChI=1S/C14H20N2O2/c1-9-6-7-10(15)8-11(9)14(18)16-12-4-2-3-5-13(12)17/h6-8,12-13,17H,2-5,15H2,1H3,(H,16,18)/t12-,13-/m1/s1. The van der Waals surface area contributed by atoms with Crippen LogP contribution in [0.25, 0.3) is 0 Å². The van der Waals surface area contributed by atoms with Gasteiger partial charge < -0.3 is 16.2 Å². The SMILES string of the molecule is Cc1ccc(N)cc1C(=O)N[C@@H]1CCCC[C@H]1O. The van der Waals surface area contributed by atoms with E-state index < -0.39 is 6.10 Å². The quantitative estimate of drug-likeness (QED) is 0.696. The van der Waals surface area contributed by atoms with Crippen LogP contribution in [0, 0.1) is 6.92 Å². The molecule has 4 heteroatoms. The molecular weight excluding hydrogens is 228 g/mol. The Balaban J connectivity index is 2.09. The second-order valence-electron chi connectivity index (χ2n) is 5.01. The largest absolute Gasteiger partial charge is 0.399 e. The summed E-state index contributed by atoms with van der Waals surface area (Å²) in [6.07, 6.45) is 3.27. The van der Waals surface area contributed by atoms with Crippen molar-refractivity contribution in [2.24, 2.45) is 0 Å². The molecule has 1 aromatic carbocycles. The Hall–Kier alpha value is -1.55. The van der Waals surface area contributed by atoms with Crippen LogP contribution in [0.15, 0.2) is 18.2 Å². The topological polar surface area (TPSA) is 75.4 Å². The lowest BCUT2D eigenvalue weighted by Gasteiger charge is -2.28. The van der Waals surface area contributed by atoms with Gasteiger partial charge in [0.25, 0.3) is 5.91 Å². The smallest absolute Gasteiger partial charge is 0.251 e. The molecule has 1 aliphatic carbocycles. The molecule has 0 unspecified atom stereocenters. The third kappa shape index (κ3) is 2.82. The maximum atomic E-state index is 12.2. The number of anilines is 1. The lowest BCUT2D eigenvalue weighted by molar-refractivity contribution is 0.0717. The number of carbonyl (C=O) groups is 1. The molecule has 1 aliphatic rings. The summed E-state index contributed by atoms with van der Waals surface area (Å²) in [6, 6.07) is 5.16. The first-order valence-corrected chi connectivity index (χ1v) is 6.43. The predicted molar refractivity (Wildman–Crippen MR) is 71.3 cm³/mol. The van der Waals surface area contributed by atoms with E-state index in [9.17, 15) is 9.90 Å². The van der Waals surface area contributed by atoms with Crippen molar-refractivity contribution >= 4 is 11.6 Å². The number of hydrogen-bond donors (Lipinski definition) is 3. The predicted octanol–water partition coefficient (Wildman–Crippen LogP) is 1.61. The van der Waals surface area contributed by atoms with Crippen molar-refractivity contribution < 1.29 is 9.90 Å². The summed E-state index contributed by atoms with van der Waals surface area (Å²) in [7, 11) is 0. The molecule has 1 amide bonds. The van der Waals surface area contributed by atoms with Crippen molar-refractivity contribution in [1.82, 2.24) is 5.32 Å². The van der Waals surface area contributed by atoms with Gasteiger partial charge in [-0.3, -0.25) is 4.79 Å². The Kier molecular flexibility index (Phi) is 3.87. The maximum absolute atomic E-state index is 12.2. The van der Waals surface area contributed by atoms with E-state index in [1.165, 1.54) is 0 Å². The third-order valence-electron chi connectivity index (χ3n) is 3.55. The second-order valence-corrected chi connectivity index (χ2v) is 5.01. The molecule has 0 aromatic heterocycles. The molecule has 2 atom stereocenters. The van der Waals surface area contributed by atoms with Gasteiger partial charge in [0, 0.05) is 11.3 Å². The lowest BCUT2D eigenvalue weighted by atomic mass is 9.92. The number of benzene rings is 1. The Bertz CT molecular complexity index is 445. The number of nitrogen functional groups attached to an aromatic ring is 1. The van der Waals surface area contributed by atoms with E-state index in [0.29, 0.717) is 11.3 Å². The first kappa shape index (κ1) is 12.9. The zero-order valence-electron chi connectivity index (χ0n) is 10.6. The number of aliphatic hydroxyl groups is 1. The highest BCUT2D eigenvalue weighted by Crippen LogP contribution is 2.19. The summed E-state index contributed by atoms with van der Waals surface area (Å²) in [5, 5.41) is 12.8. The van der Waals surface area contributed by atoms with Gasteiger partial charge >= 0.3 is 0 Å². The zero-order chi connectivity index (χ0) is 13.1. The van der Waals surface area contributed by atoms with Gasteiger partial charge in [-0.05, 0) is 37.5 Å². The zero-order valence-corrected chi connectivity index (χ0v) is 10.6. The Morgan fingerprint density at radius 3 is 2.83 bits per heavy atom. The Morgan fingerprint density at radius 2 is 2.11 bits per heavy atom. The van der Waals surface area contributed by atoms with Crippen LogP contribution in [0.1, 0.15) is 41.6 Å². The Labute approximate surface area is 107 Å². The molecule has 2 rings (SSSR count). The summed E-state index contributed by atoms with van der Waals surface area (Å²) in [4.78, 5) is 12.2. The summed E-state index contributed by atoms with van der Waals surface area (Å²) in [5.74, 6) is -0.147. The van der Waals surface area contributed by atoms with Gasteiger partial charge in [-0.25, -0.2) is 0 Å². The van der Waals surface area contributed by atoms with E-state index in [1.54, 1.807) is 12.1 Å². The molecule has 98 valence electrons. The molecule has 4 nitrogen and oxygen atoms in total. The highest BCUT2D eigenvalue weighted by atomic mass is 16.3. The van der Waals surface area contributed by atoms with Crippen LogP contribution < -0.4 is 11.1 Å². The van der Waals surface area contributed by atoms with E-state index in [0.717, 1.165) is 31.2 Å².